The molecule has 1 rings (SSSR count). The molecular weight excluding hydrogens is 166 g/mol. The number of nitrogen functional groups attached to an aromatic ring is 1. The number of primary amides is 1. The van der Waals surface area contributed by atoms with Crippen LogP contribution in [-0.4, -0.2) is 10.9 Å². The van der Waals surface area contributed by atoms with Gasteiger partial charge in [-0.25, -0.2) is 4.98 Å². The van der Waals surface area contributed by atoms with E-state index in [-0.39, 0.29) is 10.7 Å². The van der Waals surface area contributed by atoms with E-state index in [1.54, 1.807) is 0 Å². The Labute approximate surface area is 68.2 Å². The first-order chi connectivity index (χ1) is 5.11. The topological polar surface area (TPSA) is 82.0 Å². The molecule has 0 aliphatic heterocycles. The lowest BCUT2D eigenvalue weighted by atomic mass is 10.3. The first kappa shape index (κ1) is 7.81. The lowest BCUT2D eigenvalue weighted by Crippen LogP contribution is -2.13. The molecule has 0 aliphatic carbocycles. The van der Waals surface area contributed by atoms with E-state index in [1.165, 1.54) is 12.3 Å². The Kier molecular flexibility index (Phi) is 1.96. The van der Waals surface area contributed by atoms with Gasteiger partial charge in [0.1, 0.15) is 5.69 Å². The van der Waals surface area contributed by atoms with Crippen LogP contribution in [0, 0.1) is 0 Å². The molecule has 0 saturated heterocycles. The summed E-state index contributed by atoms with van der Waals surface area (Å²) in [4.78, 5) is 14.2. The Morgan fingerprint density at radius 1 is 1.64 bits per heavy atom. The molecule has 4 N–H and O–H groups in total. The maximum Gasteiger partial charge on any atom is 0.268 e. The smallest absolute Gasteiger partial charge is 0.268 e. The van der Waals surface area contributed by atoms with Gasteiger partial charge in [-0.1, -0.05) is 11.6 Å². The fourth-order valence-electron chi connectivity index (χ4n) is 0.634. The summed E-state index contributed by atoms with van der Waals surface area (Å²) in [6.45, 7) is 0. The molecule has 0 radical (unpaired) electrons. The van der Waals surface area contributed by atoms with Crippen LogP contribution in [0.25, 0.3) is 0 Å². The second kappa shape index (κ2) is 2.75. The minimum atomic E-state index is -0.657. The number of aromatic nitrogens is 1. The first-order valence-electron chi connectivity index (χ1n) is 2.82. The van der Waals surface area contributed by atoms with Crippen molar-refractivity contribution in [2.75, 3.05) is 5.73 Å². The number of carbonyl (C=O) groups excluding carboxylic acids is 1. The highest BCUT2D eigenvalue weighted by atomic mass is 35.5. The monoisotopic (exact) mass is 171 g/mol. The lowest BCUT2D eigenvalue weighted by molar-refractivity contribution is 0.0996. The number of hydrogen-bond acceptors (Lipinski definition) is 3. The molecule has 0 aliphatic rings. The van der Waals surface area contributed by atoms with Gasteiger partial charge in [0.15, 0.2) is 0 Å². The molecule has 1 amide bonds. The van der Waals surface area contributed by atoms with Crippen molar-refractivity contribution >= 4 is 23.2 Å². The van der Waals surface area contributed by atoms with Gasteiger partial charge in [0.25, 0.3) is 5.91 Å². The molecule has 0 atom stereocenters. The molecule has 0 bridgehead atoms. The van der Waals surface area contributed by atoms with Gasteiger partial charge in [0, 0.05) is 0 Å². The largest absolute Gasteiger partial charge is 0.397 e. The number of anilines is 1. The highest BCUT2D eigenvalue weighted by molar-refractivity contribution is 6.33. The number of nitrogens with zero attached hydrogens (tertiary/aromatic N) is 1. The molecule has 1 heterocycles. The van der Waals surface area contributed by atoms with E-state index in [1.807, 2.05) is 0 Å². The van der Waals surface area contributed by atoms with E-state index in [9.17, 15) is 4.79 Å². The third-order valence-corrected chi connectivity index (χ3v) is 1.38. The molecular formula is C6H6ClN3O. The molecule has 1 aromatic rings. The van der Waals surface area contributed by atoms with Crippen molar-refractivity contribution in [2.45, 2.75) is 0 Å². The molecule has 58 valence electrons. The summed E-state index contributed by atoms with van der Waals surface area (Å²) < 4.78 is 0. The molecule has 0 spiro atoms. The minimum Gasteiger partial charge on any atom is -0.397 e. The van der Waals surface area contributed by atoms with Crippen LogP contribution in [0.2, 0.25) is 5.02 Å². The average Bonchev–Trinajstić information content (AvgIpc) is 1.85. The Morgan fingerprint density at radius 3 is 2.73 bits per heavy atom. The predicted molar refractivity (Wildman–Crippen MR) is 42.2 cm³/mol. The number of hydrogen-bond donors (Lipinski definition) is 2. The normalized spacial score (nSPS) is 9.55. The zero-order valence-electron chi connectivity index (χ0n) is 5.54. The van der Waals surface area contributed by atoms with Crippen LogP contribution in [-0.2, 0) is 0 Å². The predicted octanol–water partition coefficient (Wildman–Crippen LogP) is 0.416. The third-order valence-electron chi connectivity index (χ3n) is 1.10. The van der Waals surface area contributed by atoms with E-state index in [4.69, 9.17) is 23.1 Å². The van der Waals surface area contributed by atoms with E-state index in [2.05, 4.69) is 4.98 Å². The molecule has 4 nitrogen and oxygen atoms in total. The fourth-order valence-corrected chi connectivity index (χ4v) is 0.902. The second-order valence-corrected chi connectivity index (χ2v) is 2.37. The maximum atomic E-state index is 10.6. The van der Waals surface area contributed by atoms with E-state index in [0.717, 1.165) is 0 Å². The van der Waals surface area contributed by atoms with Crippen molar-refractivity contribution in [3.8, 4) is 0 Å². The van der Waals surface area contributed by atoms with Gasteiger partial charge >= 0.3 is 0 Å². The van der Waals surface area contributed by atoms with Crippen LogP contribution in [0.3, 0.4) is 0 Å². The van der Waals surface area contributed by atoms with Crippen LogP contribution < -0.4 is 11.5 Å². The zero-order chi connectivity index (χ0) is 8.43. The van der Waals surface area contributed by atoms with Gasteiger partial charge in [0.05, 0.1) is 16.9 Å². The first-order valence-corrected chi connectivity index (χ1v) is 3.20. The molecule has 1 aromatic heterocycles. The highest BCUT2D eigenvalue weighted by Crippen LogP contribution is 2.15. The molecule has 0 aromatic carbocycles. The number of nitrogens with two attached hydrogens (primary N) is 2. The molecule has 5 heteroatoms. The van der Waals surface area contributed by atoms with Crippen molar-refractivity contribution in [2.24, 2.45) is 5.73 Å². The Balaban J connectivity index is 3.20. The number of rotatable bonds is 1. The molecule has 0 saturated carbocycles. The van der Waals surface area contributed by atoms with Crippen LogP contribution in [0.5, 0.6) is 0 Å². The summed E-state index contributed by atoms with van der Waals surface area (Å²) in [6.07, 6.45) is 1.33. The number of pyridine rings is 1. The standard InChI is InChI=1S/C6H6ClN3O/c7-4-1-3(8)2-10-5(4)6(9)11/h1-2H,8H2,(H2,9,11). The van der Waals surface area contributed by atoms with Crippen molar-refractivity contribution in [3.63, 3.8) is 0 Å². The maximum absolute atomic E-state index is 10.6. The fraction of sp³-hybridized carbons (Fsp3) is 0. The summed E-state index contributed by atoms with van der Waals surface area (Å²) in [5, 5.41) is 0.178. The van der Waals surface area contributed by atoms with Gasteiger partial charge in [-0.15, -0.1) is 0 Å². The molecule has 0 unspecified atom stereocenters. The van der Waals surface area contributed by atoms with Crippen molar-refractivity contribution in [3.05, 3.63) is 23.0 Å². The van der Waals surface area contributed by atoms with Crippen LogP contribution >= 0.6 is 11.6 Å². The number of halogens is 1. The third kappa shape index (κ3) is 1.59. The van der Waals surface area contributed by atoms with Gasteiger partial charge < -0.3 is 11.5 Å². The Morgan fingerprint density at radius 2 is 2.27 bits per heavy atom. The average molecular weight is 172 g/mol. The molecule has 11 heavy (non-hydrogen) atoms. The van der Waals surface area contributed by atoms with Gasteiger partial charge in [-0.2, -0.15) is 0 Å². The van der Waals surface area contributed by atoms with Crippen LogP contribution in [0.4, 0.5) is 5.69 Å². The zero-order valence-corrected chi connectivity index (χ0v) is 6.30. The van der Waals surface area contributed by atoms with Crippen molar-refractivity contribution < 1.29 is 4.79 Å². The van der Waals surface area contributed by atoms with Crippen LogP contribution in [0.1, 0.15) is 10.5 Å². The minimum absolute atomic E-state index is 0.0425. The van der Waals surface area contributed by atoms with Gasteiger partial charge in [-0.3, -0.25) is 4.79 Å². The Hall–Kier alpha value is -1.29. The van der Waals surface area contributed by atoms with Crippen molar-refractivity contribution in [1.29, 1.82) is 0 Å². The number of carbonyl (C=O) groups is 1. The van der Waals surface area contributed by atoms with Crippen LogP contribution in [0.15, 0.2) is 12.3 Å². The van der Waals surface area contributed by atoms with E-state index in [0.29, 0.717) is 5.69 Å². The van der Waals surface area contributed by atoms with E-state index >= 15 is 0 Å². The molecule has 0 fully saturated rings. The second-order valence-electron chi connectivity index (χ2n) is 1.96. The van der Waals surface area contributed by atoms with Gasteiger partial charge in [-0.05, 0) is 6.07 Å². The lowest BCUT2D eigenvalue weighted by Gasteiger charge is -1.97. The quantitative estimate of drug-likeness (QED) is 0.642. The SMILES string of the molecule is NC(=O)c1ncc(N)cc1Cl. The highest BCUT2D eigenvalue weighted by Gasteiger charge is 2.06. The Bertz CT molecular complexity index is 300. The van der Waals surface area contributed by atoms with Crippen molar-refractivity contribution in [1.82, 2.24) is 4.98 Å². The summed E-state index contributed by atoms with van der Waals surface area (Å²) in [5.41, 5.74) is 10.7. The van der Waals surface area contributed by atoms with E-state index < -0.39 is 5.91 Å². The number of amides is 1. The van der Waals surface area contributed by atoms with Gasteiger partial charge in [0.2, 0.25) is 0 Å². The summed E-state index contributed by atoms with van der Waals surface area (Å²) >= 11 is 5.58. The summed E-state index contributed by atoms with van der Waals surface area (Å²) in [5.74, 6) is -0.657. The summed E-state index contributed by atoms with van der Waals surface area (Å²) in [7, 11) is 0. The summed E-state index contributed by atoms with van der Waals surface area (Å²) in [6, 6.07) is 1.43.